The van der Waals surface area contributed by atoms with Crippen molar-refractivity contribution in [3.05, 3.63) is 35.4 Å². The lowest BCUT2D eigenvalue weighted by Crippen LogP contribution is -2.14. The number of hydrogen-bond donors (Lipinski definition) is 1. The molecule has 1 saturated carbocycles. The number of thioether (sulfide) groups is 1. The van der Waals surface area contributed by atoms with Gasteiger partial charge in [-0.3, -0.25) is 0 Å². The van der Waals surface area contributed by atoms with Gasteiger partial charge in [-0.2, -0.15) is 0 Å². The Morgan fingerprint density at radius 3 is 2.78 bits per heavy atom. The van der Waals surface area contributed by atoms with Gasteiger partial charge in [0.05, 0.1) is 16.8 Å². The van der Waals surface area contributed by atoms with Gasteiger partial charge in [0.25, 0.3) is 0 Å². The van der Waals surface area contributed by atoms with Crippen molar-refractivity contribution in [2.24, 2.45) is 7.05 Å². The summed E-state index contributed by atoms with van der Waals surface area (Å²) in [5, 5.41) is 9.14. The van der Waals surface area contributed by atoms with Gasteiger partial charge in [-0.1, -0.05) is 18.2 Å². The molecule has 0 atom stereocenters. The number of fused-ring (bicyclic) bond motifs is 1. The molecule has 120 valence electrons. The molecule has 0 bridgehead atoms. The molecule has 23 heavy (non-hydrogen) atoms. The van der Waals surface area contributed by atoms with Crippen molar-refractivity contribution in [3.63, 3.8) is 0 Å². The Bertz CT molecular complexity index is 829. The monoisotopic (exact) mass is 335 g/mol. The summed E-state index contributed by atoms with van der Waals surface area (Å²) in [4.78, 5) is 7.26. The Balaban J connectivity index is 1.51. The fourth-order valence-corrected chi connectivity index (χ4v) is 3.57. The molecule has 1 aliphatic carbocycles. The van der Waals surface area contributed by atoms with E-state index in [1.807, 2.05) is 11.6 Å². The molecule has 2 heterocycles. The highest BCUT2D eigenvalue weighted by atomic mass is 32.2. The first-order valence-corrected chi connectivity index (χ1v) is 8.46. The van der Waals surface area contributed by atoms with Crippen molar-refractivity contribution in [1.82, 2.24) is 24.7 Å². The van der Waals surface area contributed by atoms with E-state index in [4.69, 9.17) is 0 Å². The lowest BCUT2D eigenvalue weighted by molar-refractivity contribution is 0.391. The minimum atomic E-state index is -0.890. The maximum atomic E-state index is 13.2. The molecule has 5 nitrogen and oxygen atoms in total. The van der Waals surface area contributed by atoms with E-state index < -0.39 is 11.6 Å². The number of imidazole rings is 1. The Morgan fingerprint density at radius 2 is 2.04 bits per heavy atom. The van der Waals surface area contributed by atoms with E-state index in [2.05, 4.69) is 20.2 Å². The van der Waals surface area contributed by atoms with Crippen LogP contribution in [0.1, 0.15) is 36.8 Å². The van der Waals surface area contributed by atoms with E-state index >= 15 is 0 Å². The molecule has 0 saturated heterocycles. The molecule has 4 rings (SSSR count). The molecular weight excluding hydrogens is 320 g/mol. The van der Waals surface area contributed by atoms with Crippen LogP contribution in [0.2, 0.25) is 0 Å². The fourth-order valence-electron chi connectivity index (χ4n) is 2.71. The van der Waals surface area contributed by atoms with Crippen LogP contribution in [0.15, 0.2) is 17.3 Å². The largest absolute Gasteiger partial charge is 0.333 e. The quantitative estimate of drug-likeness (QED) is 0.741. The predicted molar refractivity (Wildman–Crippen MR) is 83.2 cm³/mol. The molecule has 0 amide bonds. The van der Waals surface area contributed by atoms with E-state index in [-0.39, 0.29) is 0 Å². The summed E-state index contributed by atoms with van der Waals surface area (Å²) in [6.07, 6.45) is 3.62. The van der Waals surface area contributed by atoms with Gasteiger partial charge in [0.2, 0.25) is 0 Å². The van der Waals surface area contributed by atoms with Gasteiger partial charge in [0.15, 0.2) is 16.8 Å². The van der Waals surface area contributed by atoms with Gasteiger partial charge in [-0.05, 0) is 12.8 Å². The molecule has 8 heteroatoms. The van der Waals surface area contributed by atoms with Crippen LogP contribution in [0.25, 0.3) is 11.0 Å². The van der Waals surface area contributed by atoms with Crippen LogP contribution in [-0.2, 0) is 12.8 Å². The number of H-pyrrole nitrogens is 1. The van der Waals surface area contributed by atoms with Gasteiger partial charge < -0.3 is 9.55 Å². The van der Waals surface area contributed by atoms with Crippen molar-refractivity contribution < 1.29 is 8.78 Å². The van der Waals surface area contributed by atoms with Gasteiger partial charge in [-0.25, -0.2) is 13.8 Å². The minimum absolute atomic E-state index is 0.416. The molecule has 1 N–H and O–H groups in total. The molecule has 1 fully saturated rings. The van der Waals surface area contributed by atoms with Crippen LogP contribution in [0.5, 0.6) is 0 Å². The van der Waals surface area contributed by atoms with Crippen LogP contribution >= 0.6 is 11.8 Å². The van der Waals surface area contributed by atoms with Crippen molar-refractivity contribution >= 4 is 22.8 Å². The van der Waals surface area contributed by atoms with E-state index in [1.165, 1.54) is 31.0 Å². The van der Waals surface area contributed by atoms with Gasteiger partial charge in [-0.15, -0.1) is 10.2 Å². The number of benzene rings is 1. The second-order valence-corrected chi connectivity index (χ2v) is 6.74. The molecule has 1 aliphatic rings. The van der Waals surface area contributed by atoms with Crippen LogP contribution in [0.4, 0.5) is 8.78 Å². The summed E-state index contributed by atoms with van der Waals surface area (Å²) in [7, 11) is 1.98. The molecule has 1 aromatic carbocycles. The molecule has 0 spiro atoms. The number of nitrogens with zero attached hydrogens (tertiary/aromatic N) is 4. The molecule has 0 unspecified atom stereocenters. The van der Waals surface area contributed by atoms with E-state index in [1.54, 1.807) is 0 Å². The summed E-state index contributed by atoms with van der Waals surface area (Å²) in [6, 6.07) is 2.22. The summed E-state index contributed by atoms with van der Waals surface area (Å²) in [5.74, 6) is 1.27. The van der Waals surface area contributed by atoms with Crippen molar-refractivity contribution in [1.29, 1.82) is 0 Å². The normalized spacial score (nSPS) is 15.3. The average molecular weight is 335 g/mol. The van der Waals surface area contributed by atoms with Gasteiger partial charge in [0.1, 0.15) is 11.6 Å². The highest BCUT2D eigenvalue weighted by molar-refractivity contribution is 7.98. The number of hydrogen-bond acceptors (Lipinski definition) is 4. The first-order chi connectivity index (χ1) is 11.1. The summed E-state index contributed by atoms with van der Waals surface area (Å²) in [6.45, 7) is 0. The highest BCUT2D eigenvalue weighted by Crippen LogP contribution is 2.35. The first-order valence-electron chi connectivity index (χ1n) is 7.47. The van der Waals surface area contributed by atoms with Crippen molar-refractivity contribution in [2.75, 3.05) is 0 Å². The van der Waals surface area contributed by atoms with Crippen LogP contribution < -0.4 is 0 Å². The summed E-state index contributed by atoms with van der Waals surface area (Å²) in [5.41, 5.74) is 0.902. The van der Waals surface area contributed by atoms with E-state index in [0.29, 0.717) is 27.9 Å². The lowest BCUT2D eigenvalue weighted by Gasteiger charge is -2.24. The summed E-state index contributed by atoms with van der Waals surface area (Å²) < 4.78 is 28.5. The number of rotatable bonds is 4. The number of halogens is 2. The Labute approximate surface area is 135 Å². The van der Waals surface area contributed by atoms with Gasteiger partial charge in [0, 0.05) is 25.1 Å². The lowest BCUT2D eigenvalue weighted by atomic mass is 9.85. The molecule has 3 aromatic rings. The standard InChI is InChI=1S/C15H15F2N5S/c1-22-13(20-21-14(22)8-3-2-4-8)7-23-15-18-11-5-9(16)10(17)6-12(11)19-15/h5-6,8H,2-4,7H2,1H3,(H,18,19). The zero-order chi connectivity index (χ0) is 16.0. The fraction of sp³-hybridized carbons (Fsp3) is 0.400. The smallest absolute Gasteiger partial charge is 0.166 e. The molecular formula is C15H15F2N5S. The number of aromatic nitrogens is 5. The maximum Gasteiger partial charge on any atom is 0.166 e. The third-order valence-corrected chi connectivity index (χ3v) is 5.18. The van der Waals surface area contributed by atoms with Crippen molar-refractivity contribution in [2.45, 2.75) is 36.1 Å². The topological polar surface area (TPSA) is 59.4 Å². The Morgan fingerprint density at radius 1 is 1.26 bits per heavy atom. The SMILES string of the molecule is Cn1c(CSc2nc3cc(F)c(F)cc3[nH]2)nnc1C1CCC1. The van der Waals surface area contributed by atoms with Crippen LogP contribution in [0.3, 0.4) is 0 Å². The average Bonchev–Trinajstić information content (AvgIpc) is 3.00. The third-order valence-electron chi connectivity index (χ3n) is 4.31. The van der Waals surface area contributed by atoms with Gasteiger partial charge >= 0.3 is 0 Å². The van der Waals surface area contributed by atoms with E-state index in [9.17, 15) is 8.78 Å². The minimum Gasteiger partial charge on any atom is -0.333 e. The Hall–Kier alpha value is -1.96. The second-order valence-electron chi connectivity index (χ2n) is 5.78. The summed E-state index contributed by atoms with van der Waals surface area (Å²) >= 11 is 1.44. The predicted octanol–water partition coefficient (Wildman–Crippen LogP) is 3.53. The molecule has 0 radical (unpaired) electrons. The number of aromatic amines is 1. The molecule has 0 aliphatic heterocycles. The molecule has 2 aromatic heterocycles. The van der Waals surface area contributed by atoms with E-state index in [0.717, 1.165) is 23.8 Å². The zero-order valence-corrected chi connectivity index (χ0v) is 13.3. The number of nitrogens with one attached hydrogen (secondary N) is 1. The van der Waals surface area contributed by atoms with Crippen LogP contribution in [-0.4, -0.2) is 24.7 Å². The maximum absolute atomic E-state index is 13.2. The van der Waals surface area contributed by atoms with Crippen molar-refractivity contribution in [3.8, 4) is 0 Å². The Kier molecular flexibility index (Phi) is 3.56. The zero-order valence-electron chi connectivity index (χ0n) is 12.5. The second kappa shape index (κ2) is 5.59. The first kappa shape index (κ1) is 14.6. The third kappa shape index (κ3) is 2.60. The van der Waals surface area contributed by atoms with Crippen LogP contribution in [0, 0.1) is 11.6 Å². The highest BCUT2D eigenvalue weighted by Gasteiger charge is 2.25.